The highest BCUT2D eigenvalue weighted by atomic mass is 16.5. The Kier molecular flexibility index (Phi) is 4.64. The molecule has 0 saturated heterocycles. The zero-order valence-corrected chi connectivity index (χ0v) is 9.90. The number of methoxy groups -OCH3 is 1. The topological polar surface area (TPSA) is 38.8 Å². The summed E-state index contributed by atoms with van der Waals surface area (Å²) in [5.74, 6) is 0.578. The fourth-order valence-electron chi connectivity index (χ4n) is 1.31. The van der Waals surface area contributed by atoms with Crippen LogP contribution in [0.15, 0.2) is 24.3 Å². The molecule has 88 valence electrons. The summed E-state index contributed by atoms with van der Waals surface area (Å²) in [7, 11) is 3.22. The molecule has 1 aromatic rings. The minimum Gasteiger partial charge on any atom is -0.494 e. The van der Waals surface area contributed by atoms with Gasteiger partial charge >= 0.3 is 5.97 Å². The van der Waals surface area contributed by atoms with Gasteiger partial charge in [-0.15, -0.1) is 0 Å². The molecule has 16 heavy (non-hydrogen) atoms. The first-order chi connectivity index (χ1) is 7.67. The van der Waals surface area contributed by atoms with E-state index in [0.717, 1.165) is 11.4 Å². The Hall–Kier alpha value is -1.71. The van der Waals surface area contributed by atoms with Crippen molar-refractivity contribution in [2.75, 3.05) is 32.2 Å². The van der Waals surface area contributed by atoms with Gasteiger partial charge in [0, 0.05) is 12.7 Å². The predicted molar refractivity (Wildman–Crippen MR) is 62.9 cm³/mol. The van der Waals surface area contributed by atoms with Crippen molar-refractivity contribution in [3.63, 3.8) is 0 Å². The number of likely N-dealkylation sites (N-methyl/N-ethyl adjacent to an activating group) is 1. The zero-order chi connectivity index (χ0) is 12.0. The van der Waals surface area contributed by atoms with Gasteiger partial charge in [0.1, 0.15) is 12.3 Å². The number of anilines is 1. The van der Waals surface area contributed by atoms with Crippen molar-refractivity contribution in [1.29, 1.82) is 0 Å². The molecule has 0 aromatic heterocycles. The van der Waals surface area contributed by atoms with Gasteiger partial charge in [-0.3, -0.25) is 4.79 Å². The van der Waals surface area contributed by atoms with Crippen molar-refractivity contribution in [3.8, 4) is 5.75 Å². The second-order valence-corrected chi connectivity index (χ2v) is 3.36. The maximum atomic E-state index is 11.1. The first kappa shape index (κ1) is 12.4. The van der Waals surface area contributed by atoms with E-state index in [0.29, 0.717) is 6.61 Å². The van der Waals surface area contributed by atoms with Gasteiger partial charge in [0.15, 0.2) is 0 Å². The molecular weight excluding hydrogens is 206 g/mol. The lowest BCUT2D eigenvalue weighted by atomic mass is 10.3. The molecule has 4 nitrogen and oxygen atoms in total. The number of hydrogen-bond donors (Lipinski definition) is 0. The molecule has 1 aromatic carbocycles. The number of carbonyl (C=O) groups is 1. The summed E-state index contributed by atoms with van der Waals surface area (Å²) < 4.78 is 9.93. The number of esters is 1. The average molecular weight is 223 g/mol. The Balaban J connectivity index is 2.62. The van der Waals surface area contributed by atoms with Crippen molar-refractivity contribution < 1.29 is 14.3 Å². The molecule has 0 radical (unpaired) electrons. The van der Waals surface area contributed by atoms with Crippen LogP contribution in [0.2, 0.25) is 0 Å². The summed E-state index contributed by atoms with van der Waals surface area (Å²) in [6, 6.07) is 7.58. The smallest absolute Gasteiger partial charge is 0.325 e. The van der Waals surface area contributed by atoms with Gasteiger partial charge in [-0.05, 0) is 31.2 Å². The second-order valence-electron chi connectivity index (χ2n) is 3.36. The summed E-state index contributed by atoms with van der Waals surface area (Å²) >= 11 is 0. The summed E-state index contributed by atoms with van der Waals surface area (Å²) in [4.78, 5) is 12.9. The number of ether oxygens (including phenoxy) is 2. The molecule has 0 aliphatic rings. The van der Waals surface area contributed by atoms with Crippen molar-refractivity contribution in [2.45, 2.75) is 6.92 Å². The van der Waals surface area contributed by atoms with E-state index in [1.165, 1.54) is 7.11 Å². The number of hydrogen-bond acceptors (Lipinski definition) is 4. The molecule has 4 heteroatoms. The molecule has 0 saturated carbocycles. The largest absolute Gasteiger partial charge is 0.494 e. The van der Waals surface area contributed by atoms with E-state index in [4.69, 9.17) is 4.74 Å². The van der Waals surface area contributed by atoms with Crippen LogP contribution in [0.4, 0.5) is 5.69 Å². The summed E-state index contributed by atoms with van der Waals surface area (Å²) in [5.41, 5.74) is 0.953. The third kappa shape index (κ3) is 3.46. The van der Waals surface area contributed by atoms with E-state index in [2.05, 4.69) is 4.74 Å². The predicted octanol–water partition coefficient (Wildman–Crippen LogP) is 1.69. The molecule has 0 bridgehead atoms. The van der Waals surface area contributed by atoms with E-state index in [9.17, 15) is 4.79 Å². The van der Waals surface area contributed by atoms with Crippen molar-refractivity contribution in [3.05, 3.63) is 24.3 Å². The van der Waals surface area contributed by atoms with Crippen molar-refractivity contribution in [1.82, 2.24) is 0 Å². The molecule has 1 rings (SSSR count). The Morgan fingerprint density at radius 3 is 2.44 bits per heavy atom. The maximum absolute atomic E-state index is 11.1. The summed E-state index contributed by atoms with van der Waals surface area (Å²) in [5, 5.41) is 0. The van der Waals surface area contributed by atoms with Crippen molar-refractivity contribution in [2.24, 2.45) is 0 Å². The fraction of sp³-hybridized carbons (Fsp3) is 0.417. The lowest BCUT2D eigenvalue weighted by Gasteiger charge is -2.17. The third-order valence-electron chi connectivity index (χ3n) is 2.18. The summed E-state index contributed by atoms with van der Waals surface area (Å²) in [6.07, 6.45) is 0. The van der Waals surface area contributed by atoms with Gasteiger partial charge in [0.05, 0.1) is 13.7 Å². The van der Waals surface area contributed by atoms with E-state index >= 15 is 0 Å². The molecular formula is C12H17NO3. The number of rotatable bonds is 5. The Bertz CT molecular complexity index is 335. The SMILES string of the molecule is CCOc1ccc(N(C)CC(=O)OC)cc1. The van der Waals surface area contributed by atoms with Gasteiger partial charge < -0.3 is 14.4 Å². The third-order valence-corrected chi connectivity index (χ3v) is 2.18. The average Bonchev–Trinajstić information content (AvgIpc) is 2.30. The van der Waals surface area contributed by atoms with Crippen LogP contribution >= 0.6 is 0 Å². The molecule has 0 heterocycles. The number of carbonyl (C=O) groups excluding carboxylic acids is 1. The van der Waals surface area contributed by atoms with Crippen LogP contribution in [0.5, 0.6) is 5.75 Å². The monoisotopic (exact) mass is 223 g/mol. The first-order valence-corrected chi connectivity index (χ1v) is 5.18. The lowest BCUT2D eigenvalue weighted by molar-refractivity contribution is -0.138. The molecule has 0 amide bonds. The zero-order valence-electron chi connectivity index (χ0n) is 9.90. The first-order valence-electron chi connectivity index (χ1n) is 5.18. The highest BCUT2D eigenvalue weighted by molar-refractivity contribution is 5.75. The molecule has 0 unspecified atom stereocenters. The van der Waals surface area contributed by atoms with E-state index in [-0.39, 0.29) is 12.5 Å². The minimum absolute atomic E-state index is 0.241. The normalized spacial score (nSPS) is 9.69. The van der Waals surface area contributed by atoms with Crippen LogP contribution in [0.25, 0.3) is 0 Å². The molecule has 0 aliphatic carbocycles. The van der Waals surface area contributed by atoms with Crippen LogP contribution in [-0.2, 0) is 9.53 Å². The molecule has 0 fully saturated rings. The van der Waals surface area contributed by atoms with Crippen LogP contribution in [0.3, 0.4) is 0 Å². The van der Waals surface area contributed by atoms with Gasteiger partial charge in [-0.25, -0.2) is 0 Å². The molecule has 0 aliphatic heterocycles. The molecule has 0 atom stereocenters. The van der Waals surface area contributed by atoms with Crippen LogP contribution in [0, 0.1) is 0 Å². The standard InChI is InChI=1S/C12H17NO3/c1-4-16-11-7-5-10(6-8-11)13(2)9-12(14)15-3/h5-8H,4,9H2,1-3H3. The minimum atomic E-state index is -0.253. The Morgan fingerprint density at radius 1 is 1.31 bits per heavy atom. The fourth-order valence-corrected chi connectivity index (χ4v) is 1.31. The lowest BCUT2D eigenvalue weighted by Crippen LogP contribution is -2.26. The van der Waals surface area contributed by atoms with Gasteiger partial charge in [0.25, 0.3) is 0 Å². The van der Waals surface area contributed by atoms with E-state index < -0.39 is 0 Å². The van der Waals surface area contributed by atoms with Crippen LogP contribution in [0.1, 0.15) is 6.92 Å². The Labute approximate surface area is 95.8 Å². The molecule has 0 spiro atoms. The number of benzene rings is 1. The van der Waals surface area contributed by atoms with E-state index in [1.807, 2.05) is 43.1 Å². The molecule has 0 N–H and O–H groups in total. The number of nitrogens with zero attached hydrogens (tertiary/aromatic N) is 1. The second kappa shape index (κ2) is 6.00. The van der Waals surface area contributed by atoms with Gasteiger partial charge in [0.2, 0.25) is 0 Å². The van der Waals surface area contributed by atoms with Gasteiger partial charge in [-0.1, -0.05) is 0 Å². The van der Waals surface area contributed by atoms with Crippen LogP contribution < -0.4 is 9.64 Å². The summed E-state index contributed by atoms with van der Waals surface area (Å²) in [6.45, 7) is 2.83. The van der Waals surface area contributed by atoms with Crippen LogP contribution in [-0.4, -0.2) is 33.3 Å². The van der Waals surface area contributed by atoms with Gasteiger partial charge in [-0.2, -0.15) is 0 Å². The maximum Gasteiger partial charge on any atom is 0.325 e. The highest BCUT2D eigenvalue weighted by Crippen LogP contribution is 2.18. The highest BCUT2D eigenvalue weighted by Gasteiger charge is 2.06. The Morgan fingerprint density at radius 2 is 1.94 bits per heavy atom. The quantitative estimate of drug-likeness (QED) is 0.712. The van der Waals surface area contributed by atoms with Crippen molar-refractivity contribution >= 4 is 11.7 Å². The van der Waals surface area contributed by atoms with E-state index in [1.54, 1.807) is 0 Å².